The Hall–Kier alpha value is -11.3. The summed E-state index contributed by atoms with van der Waals surface area (Å²) in [7, 11) is 0. The highest BCUT2D eigenvalue weighted by Gasteiger charge is 2.18. The molecule has 0 aliphatic heterocycles. The first-order valence-electron chi connectivity index (χ1n) is 25.8. The van der Waals surface area contributed by atoms with Crippen LogP contribution in [0.15, 0.2) is 219 Å². The molecule has 1 amide bonds. The van der Waals surface area contributed by atoms with E-state index in [9.17, 15) is 18.0 Å². The third kappa shape index (κ3) is 11.1. The molecule has 0 fully saturated rings. The average molecular weight is 1090 g/mol. The van der Waals surface area contributed by atoms with Crippen molar-refractivity contribution in [3.63, 3.8) is 0 Å². The van der Waals surface area contributed by atoms with Gasteiger partial charge in [-0.2, -0.15) is 0 Å². The van der Waals surface area contributed by atoms with E-state index in [4.69, 9.17) is 22.9 Å². The van der Waals surface area contributed by atoms with Crippen molar-refractivity contribution in [3.8, 4) is 56.2 Å². The molecule has 9 aromatic carbocycles. The van der Waals surface area contributed by atoms with E-state index in [1.165, 1.54) is 42.6 Å². The molecular formula is C66H47BF3N12O. The predicted octanol–water partition coefficient (Wildman–Crippen LogP) is 14.4. The zero-order chi connectivity index (χ0) is 56.4. The molecule has 5 heterocycles. The van der Waals surface area contributed by atoms with E-state index in [2.05, 4.69) is 40.2 Å². The molecule has 0 spiro atoms. The number of pyridine rings is 3. The van der Waals surface area contributed by atoms with E-state index in [1.807, 2.05) is 109 Å². The fraction of sp³-hybridized carbons (Fsp3) is 0. The Bertz CT molecular complexity index is 4510. The van der Waals surface area contributed by atoms with Crippen molar-refractivity contribution in [3.05, 3.63) is 242 Å². The lowest BCUT2D eigenvalue weighted by molar-refractivity contribution is 0.102. The molecule has 11 N–H and O–H groups in total. The first kappa shape index (κ1) is 53.7. The highest BCUT2D eigenvalue weighted by molar-refractivity contribution is 6.15. The molecule has 14 aromatic rings. The van der Waals surface area contributed by atoms with Crippen molar-refractivity contribution < 1.29 is 18.0 Å². The lowest BCUT2D eigenvalue weighted by Gasteiger charge is -2.12. The van der Waals surface area contributed by atoms with Crippen LogP contribution in [0.3, 0.4) is 0 Å². The van der Waals surface area contributed by atoms with Gasteiger partial charge in [0, 0.05) is 54.3 Å². The number of imidazole rings is 2. The van der Waals surface area contributed by atoms with Gasteiger partial charge in [-0.15, -0.1) is 0 Å². The standard InChI is InChI=1S/C22H17FN4O.2C22H15FN4.B/c23-15-5-3-4-13(10-15)14-8-9-16-17(11-14)21(25)26-12-18(16)22(28)27-20-7-2-1-6-19(20)24;2*23-15-5-3-4-13(10-15)14-8-9-16-17(11-14)21(24)25-12-18(16)22-26-19-6-1-2-7-20(19)27-22;/h1-12H,24H2,(H2,25,26)(H,27,28);2*1-12H,(H2,24,25)(H,26,27);. The van der Waals surface area contributed by atoms with Gasteiger partial charge in [0.05, 0.1) is 39.0 Å². The van der Waals surface area contributed by atoms with Crippen LogP contribution in [0.1, 0.15) is 10.4 Å². The van der Waals surface area contributed by atoms with Crippen LogP contribution in [0, 0.1) is 17.5 Å². The quantitative estimate of drug-likeness (QED) is 0.0590. The van der Waals surface area contributed by atoms with Crippen LogP contribution in [0.5, 0.6) is 0 Å². The van der Waals surface area contributed by atoms with Crippen molar-refractivity contribution in [1.29, 1.82) is 0 Å². The smallest absolute Gasteiger partial charge is 0.257 e. The minimum Gasteiger partial charge on any atom is -0.397 e. The number of aromatic amines is 2. The number of para-hydroxylation sites is 6. The number of carbonyl (C=O) groups excluding carboxylic acids is 1. The number of nitrogen functional groups attached to an aromatic ring is 4. The van der Waals surface area contributed by atoms with Crippen LogP contribution < -0.4 is 28.3 Å². The number of carbonyl (C=O) groups is 1. The number of amides is 1. The number of nitrogens with zero attached hydrogens (tertiary/aromatic N) is 5. The van der Waals surface area contributed by atoms with Crippen molar-refractivity contribution in [2.75, 3.05) is 28.3 Å². The molecule has 0 bridgehead atoms. The van der Waals surface area contributed by atoms with Gasteiger partial charge in [0.1, 0.15) is 46.6 Å². The topological polar surface area (TPSA) is 229 Å². The van der Waals surface area contributed by atoms with Crippen LogP contribution in [0.2, 0.25) is 0 Å². The summed E-state index contributed by atoms with van der Waals surface area (Å²) < 4.78 is 40.7. The Morgan fingerprint density at radius 2 is 0.783 bits per heavy atom. The fourth-order valence-corrected chi connectivity index (χ4v) is 9.86. The number of nitrogens with two attached hydrogens (primary N) is 4. The van der Waals surface area contributed by atoms with Crippen LogP contribution in [0.4, 0.5) is 42.0 Å². The molecule has 3 radical (unpaired) electrons. The summed E-state index contributed by atoms with van der Waals surface area (Å²) in [6, 6.07) is 59.2. The SMILES string of the molecule is Nc1ccccc1NC(=O)c1cnc(N)c2cc(-c3cccc(F)c3)ccc12.Nc1ncc(-c2nc3ccccc3[nH]2)c2ccc(-c3cccc(F)c3)cc12.Nc1ncc(-c2nc3ccccc3[nH]2)c2ccc(-c3cccc(F)c3)cc12.[B]. The summed E-state index contributed by atoms with van der Waals surface area (Å²) >= 11 is 0. The van der Waals surface area contributed by atoms with E-state index >= 15 is 0 Å². The van der Waals surface area contributed by atoms with Gasteiger partial charge in [0.2, 0.25) is 0 Å². The third-order valence-corrected chi connectivity index (χ3v) is 14.0. The lowest BCUT2D eigenvalue weighted by atomic mass is 9.99. The molecule has 0 aliphatic rings. The number of hydrogen-bond donors (Lipinski definition) is 7. The molecule has 13 nitrogen and oxygen atoms in total. The summed E-state index contributed by atoms with van der Waals surface area (Å²) in [4.78, 5) is 41.7. The Morgan fingerprint density at radius 1 is 0.398 bits per heavy atom. The number of fused-ring (bicyclic) bond motifs is 5. The number of halogens is 3. The Kier molecular flexibility index (Phi) is 14.7. The maximum Gasteiger partial charge on any atom is 0.257 e. The largest absolute Gasteiger partial charge is 0.397 e. The maximum atomic E-state index is 13.6. The molecule has 83 heavy (non-hydrogen) atoms. The van der Waals surface area contributed by atoms with Crippen molar-refractivity contribution in [1.82, 2.24) is 34.9 Å². The normalized spacial score (nSPS) is 11.0. The molecular weight excluding hydrogens is 1040 g/mol. The minimum atomic E-state index is -0.339. The highest BCUT2D eigenvalue weighted by atomic mass is 19.1. The van der Waals surface area contributed by atoms with Gasteiger partial charge in [-0.1, -0.05) is 109 Å². The molecule has 401 valence electrons. The van der Waals surface area contributed by atoms with Gasteiger partial charge < -0.3 is 38.2 Å². The van der Waals surface area contributed by atoms with Crippen LogP contribution in [0.25, 0.3) is 111 Å². The molecule has 0 aliphatic carbocycles. The maximum absolute atomic E-state index is 13.6. The van der Waals surface area contributed by atoms with Gasteiger partial charge in [-0.25, -0.2) is 38.1 Å². The van der Waals surface area contributed by atoms with Crippen molar-refractivity contribution in [2.24, 2.45) is 0 Å². The molecule has 0 saturated heterocycles. The average Bonchev–Trinajstić information content (AvgIpc) is 4.34. The number of rotatable bonds is 7. The number of H-pyrrole nitrogens is 2. The summed E-state index contributed by atoms with van der Waals surface area (Å²) in [5.74, 6) is 1.45. The number of anilines is 5. The second kappa shape index (κ2) is 22.8. The van der Waals surface area contributed by atoms with Crippen LogP contribution >= 0.6 is 0 Å². The van der Waals surface area contributed by atoms with Gasteiger partial charge in [0.15, 0.2) is 0 Å². The predicted molar refractivity (Wildman–Crippen MR) is 329 cm³/mol. The molecule has 14 rings (SSSR count). The first-order chi connectivity index (χ1) is 39.9. The second-order valence-electron chi connectivity index (χ2n) is 19.2. The van der Waals surface area contributed by atoms with Gasteiger partial charge in [-0.05, 0) is 141 Å². The Labute approximate surface area is 474 Å². The zero-order valence-electron chi connectivity index (χ0n) is 43.9. The van der Waals surface area contributed by atoms with E-state index in [-0.39, 0.29) is 31.8 Å². The Morgan fingerprint density at radius 3 is 1.22 bits per heavy atom. The molecule has 17 heteroatoms. The zero-order valence-corrected chi connectivity index (χ0v) is 43.9. The summed E-state index contributed by atoms with van der Waals surface area (Å²) in [6.07, 6.45) is 4.91. The van der Waals surface area contributed by atoms with Crippen molar-refractivity contribution in [2.45, 2.75) is 0 Å². The fourth-order valence-electron chi connectivity index (χ4n) is 9.86. The summed E-state index contributed by atoms with van der Waals surface area (Å²) in [5.41, 5.74) is 35.9. The second-order valence-corrected chi connectivity index (χ2v) is 19.2. The molecule has 0 atom stereocenters. The third-order valence-electron chi connectivity index (χ3n) is 14.0. The van der Waals surface area contributed by atoms with E-state index in [0.717, 1.165) is 94.2 Å². The molecule has 0 unspecified atom stereocenters. The highest BCUT2D eigenvalue weighted by Crippen LogP contribution is 2.36. The van der Waals surface area contributed by atoms with E-state index in [0.29, 0.717) is 50.7 Å². The van der Waals surface area contributed by atoms with Gasteiger partial charge >= 0.3 is 0 Å². The number of hydrogen-bond acceptors (Lipinski definition) is 10. The molecule has 0 saturated carbocycles. The van der Waals surface area contributed by atoms with E-state index < -0.39 is 0 Å². The summed E-state index contributed by atoms with van der Waals surface area (Å²) in [5, 5.41) is 7.59. The van der Waals surface area contributed by atoms with Crippen LogP contribution in [-0.4, -0.2) is 49.2 Å². The summed E-state index contributed by atoms with van der Waals surface area (Å²) in [6.45, 7) is 0. The Balaban J connectivity index is 0.000000129. The van der Waals surface area contributed by atoms with E-state index in [1.54, 1.807) is 67.0 Å². The van der Waals surface area contributed by atoms with Gasteiger partial charge in [0.25, 0.3) is 5.91 Å². The monoisotopic (exact) mass is 1090 g/mol. The van der Waals surface area contributed by atoms with Crippen molar-refractivity contribution >= 4 is 97.5 Å². The number of aromatic nitrogens is 7. The van der Waals surface area contributed by atoms with Gasteiger partial charge in [-0.3, -0.25) is 4.79 Å². The molecule has 5 aromatic heterocycles. The number of benzene rings is 9. The van der Waals surface area contributed by atoms with Crippen LogP contribution in [-0.2, 0) is 0 Å². The lowest BCUT2D eigenvalue weighted by Crippen LogP contribution is -2.14. The number of nitrogens with one attached hydrogen (secondary N) is 3. The minimum absolute atomic E-state index is 0. The first-order valence-corrected chi connectivity index (χ1v) is 25.8.